The van der Waals surface area contributed by atoms with Gasteiger partial charge in [-0.15, -0.1) is 0 Å². The number of hydrogen-bond donors (Lipinski definition) is 2. The number of amides is 1. The second-order valence-electron chi connectivity index (χ2n) is 7.55. The maximum absolute atomic E-state index is 13.8. The lowest BCUT2D eigenvalue weighted by molar-refractivity contribution is 0.0825. The van der Waals surface area contributed by atoms with Crippen molar-refractivity contribution in [1.82, 2.24) is 15.3 Å². The molecule has 2 aromatic carbocycles. The van der Waals surface area contributed by atoms with Gasteiger partial charge in [-0.1, -0.05) is 24.6 Å². The molecule has 0 saturated carbocycles. The molecule has 0 aliphatic carbocycles. The Morgan fingerprint density at radius 2 is 2.07 bits per heavy atom. The molecule has 2 aromatic rings. The SMILES string of the molecule is CCC(NC(=O)c1ccc2c(c1)=CC(NC1CCOCC1)=[N+]=2)c1ccc(Cl)c(F)c1. The number of fused-ring (bicyclic) bond motifs is 1. The lowest BCUT2D eigenvalue weighted by atomic mass is 10.0. The standard InChI is InChI=1S/C23H23ClFN3O2/c1-2-20(14-3-5-18(24)19(25)12-14)28-23(29)15-4-6-21-16(11-15)13-22(27-21)26-17-7-9-30-10-8-17/h3-6,11-13,17,20H,2,7-10H2,1H3,(H,28,29)/p+1. The molecule has 1 amide bonds. The Morgan fingerprint density at radius 3 is 2.80 bits per heavy atom. The van der Waals surface area contributed by atoms with Crippen LogP contribution < -0.4 is 25.9 Å². The maximum atomic E-state index is 13.8. The average molecular weight is 429 g/mol. The fourth-order valence-corrected chi connectivity index (χ4v) is 3.86. The highest BCUT2D eigenvalue weighted by molar-refractivity contribution is 6.30. The molecule has 30 heavy (non-hydrogen) atoms. The van der Waals surface area contributed by atoms with Gasteiger partial charge < -0.3 is 10.1 Å². The van der Waals surface area contributed by atoms with Crippen molar-refractivity contribution in [3.8, 4) is 0 Å². The number of hydrogen-bond acceptors (Lipinski definition) is 3. The predicted molar refractivity (Wildman–Crippen MR) is 115 cm³/mol. The lowest BCUT2D eigenvalue weighted by Gasteiger charge is -2.18. The van der Waals surface area contributed by atoms with Crippen molar-refractivity contribution >= 4 is 29.4 Å². The third kappa shape index (κ3) is 4.57. The van der Waals surface area contributed by atoms with Gasteiger partial charge in [-0.2, -0.15) is 0 Å². The number of ether oxygens (including phenoxy) is 1. The van der Waals surface area contributed by atoms with Crippen LogP contribution >= 0.6 is 11.6 Å². The third-order valence-corrected chi connectivity index (χ3v) is 5.76. The van der Waals surface area contributed by atoms with Gasteiger partial charge in [0.15, 0.2) is 0 Å². The number of nitrogens with zero attached hydrogens (tertiary/aromatic N) is 1. The molecule has 2 aliphatic heterocycles. The van der Waals surface area contributed by atoms with Crippen LogP contribution in [0.2, 0.25) is 5.02 Å². The van der Waals surface area contributed by atoms with Crippen LogP contribution in [0.5, 0.6) is 0 Å². The highest BCUT2D eigenvalue weighted by Gasteiger charge is 2.22. The van der Waals surface area contributed by atoms with E-state index in [-0.39, 0.29) is 17.0 Å². The van der Waals surface area contributed by atoms with Gasteiger partial charge in [0, 0.05) is 29.7 Å². The minimum atomic E-state index is -0.490. The second kappa shape index (κ2) is 9.00. The van der Waals surface area contributed by atoms with E-state index in [9.17, 15) is 9.18 Å². The van der Waals surface area contributed by atoms with E-state index in [0.717, 1.165) is 42.5 Å². The summed E-state index contributed by atoms with van der Waals surface area (Å²) in [6.07, 6.45) is 4.51. The van der Waals surface area contributed by atoms with Crippen LogP contribution in [0, 0.1) is 5.82 Å². The van der Waals surface area contributed by atoms with Crippen LogP contribution in [0.1, 0.15) is 48.1 Å². The Hall–Kier alpha value is -2.66. The molecule has 0 aromatic heterocycles. The molecule has 2 heterocycles. The van der Waals surface area contributed by atoms with Gasteiger partial charge in [0.2, 0.25) is 5.36 Å². The first-order valence-electron chi connectivity index (χ1n) is 10.2. The molecule has 7 heteroatoms. The zero-order valence-corrected chi connectivity index (χ0v) is 17.5. The molecule has 1 unspecified atom stereocenters. The molecule has 1 fully saturated rings. The predicted octanol–water partition coefficient (Wildman–Crippen LogP) is 2.01. The Kier molecular flexibility index (Phi) is 6.18. The normalized spacial score (nSPS) is 16.7. The Balaban J connectivity index is 1.48. The molecular formula is C23H24ClFN3O2+. The first-order valence-corrected chi connectivity index (χ1v) is 10.6. The molecule has 2 aliphatic rings. The molecule has 5 nitrogen and oxygen atoms in total. The summed E-state index contributed by atoms with van der Waals surface area (Å²) in [6.45, 7) is 3.46. The van der Waals surface area contributed by atoms with Crippen molar-refractivity contribution < 1.29 is 13.9 Å². The minimum absolute atomic E-state index is 0.0688. The zero-order chi connectivity index (χ0) is 21.1. The van der Waals surface area contributed by atoms with Crippen molar-refractivity contribution in [3.63, 3.8) is 0 Å². The summed E-state index contributed by atoms with van der Waals surface area (Å²) in [5.41, 5.74) is 1.23. The molecule has 1 saturated heterocycles. The Morgan fingerprint density at radius 1 is 1.27 bits per heavy atom. The molecule has 1 atom stereocenters. The molecule has 0 radical (unpaired) electrons. The maximum Gasteiger partial charge on any atom is 0.369 e. The largest absolute Gasteiger partial charge is 0.381 e. The van der Waals surface area contributed by atoms with Crippen LogP contribution in [0.25, 0.3) is 6.08 Å². The zero-order valence-electron chi connectivity index (χ0n) is 16.8. The van der Waals surface area contributed by atoms with Gasteiger partial charge in [0.25, 0.3) is 5.91 Å². The van der Waals surface area contributed by atoms with E-state index in [1.54, 1.807) is 12.1 Å². The number of benzene rings is 2. The van der Waals surface area contributed by atoms with Gasteiger partial charge in [0.1, 0.15) is 5.82 Å². The molecule has 0 bridgehead atoms. The summed E-state index contributed by atoms with van der Waals surface area (Å²) in [5, 5.41) is 8.25. The lowest BCUT2D eigenvalue weighted by Crippen LogP contribution is -2.38. The van der Waals surface area contributed by atoms with E-state index in [4.69, 9.17) is 16.3 Å². The fraction of sp³-hybridized carbons (Fsp3) is 0.348. The van der Waals surface area contributed by atoms with E-state index < -0.39 is 5.82 Å². The van der Waals surface area contributed by atoms with Crippen LogP contribution in [-0.2, 0) is 4.74 Å². The Bertz CT molecular complexity index is 1120. The number of nitrogens with one attached hydrogen (secondary N) is 2. The van der Waals surface area contributed by atoms with Crippen molar-refractivity contribution in [2.75, 3.05) is 13.2 Å². The number of carbonyl (C=O) groups excluding carboxylic acids is 1. The molecule has 4 rings (SSSR count). The Labute approximate surface area is 179 Å². The van der Waals surface area contributed by atoms with E-state index in [0.29, 0.717) is 23.6 Å². The van der Waals surface area contributed by atoms with E-state index in [1.165, 1.54) is 12.1 Å². The number of halogens is 2. The van der Waals surface area contributed by atoms with Crippen LogP contribution in [-0.4, -0.2) is 31.0 Å². The number of rotatable bonds is 5. The van der Waals surface area contributed by atoms with Crippen molar-refractivity contribution in [1.29, 1.82) is 0 Å². The number of amidine groups is 1. The second-order valence-corrected chi connectivity index (χ2v) is 7.96. The summed E-state index contributed by atoms with van der Waals surface area (Å²) in [6, 6.07) is 10.1. The van der Waals surface area contributed by atoms with Crippen molar-refractivity contribution in [2.45, 2.75) is 38.3 Å². The summed E-state index contributed by atoms with van der Waals surface area (Å²) in [5.74, 6) is 0.118. The van der Waals surface area contributed by atoms with Gasteiger partial charge >= 0.3 is 5.84 Å². The molecular weight excluding hydrogens is 405 g/mol. The van der Waals surface area contributed by atoms with Gasteiger partial charge in [-0.3, -0.25) is 10.1 Å². The third-order valence-electron chi connectivity index (χ3n) is 5.46. The fourth-order valence-electron chi connectivity index (χ4n) is 3.74. The average Bonchev–Trinajstić information content (AvgIpc) is 3.16. The molecule has 156 valence electrons. The molecule has 2 N–H and O–H groups in total. The van der Waals surface area contributed by atoms with Crippen molar-refractivity contribution in [3.05, 3.63) is 68.9 Å². The summed E-state index contributed by atoms with van der Waals surface area (Å²) in [7, 11) is 0. The summed E-state index contributed by atoms with van der Waals surface area (Å²) >= 11 is 5.77. The van der Waals surface area contributed by atoms with E-state index >= 15 is 0 Å². The molecule has 0 spiro atoms. The summed E-state index contributed by atoms with van der Waals surface area (Å²) < 4.78 is 23.8. The van der Waals surface area contributed by atoms with Gasteiger partial charge in [0.05, 0.1) is 36.4 Å². The monoisotopic (exact) mass is 428 g/mol. The first-order chi connectivity index (χ1) is 14.5. The quantitative estimate of drug-likeness (QED) is 0.716. The first kappa shape index (κ1) is 20.6. The van der Waals surface area contributed by atoms with Gasteiger partial charge in [-0.25, -0.2) is 9.06 Å². The van der Waals surface area contributed by atoms with Crippen LogP contribution in [0.3, 0.4) is 0 Å². The highest BCUT2D eigenvalue weighted by Crippen LogP contribution is 2.22. The van der Waals surface area contributed by atoms with Crippen LogP contribution in [0.4, 0.5) is 4.39 Å². The van der Waals surface area contributed by atoms with Crippen LogP contribution in [0.15, 0.2) is 36.4 Å². The summed E-state index contributed by atoms with van der Waals surface area (Å²) in [4.78, 5) is 12.8. The highest BCUT2D eigenvalue weighted by atomic mass is 35.5. The smallest absolute Gasteiger partial charge is 0.369 e. The van der Waals surface area contributed by atoms with E-state index in [2.05, 4.69) is 15.3 Å². The van der Waals surface area contributed by atoms with E-state index in [1.807, 2.05) is 25.1 Å². The van der Waals surface area contributed by atoms with Gasteiger partial charge in [-0.05, 0) is 36.2 Å². The minimum Gasteiger partial charge on any atom is -0.381 e. The van der Waals surface area contributed by atoms with Crippen molar-refractivity contribution in [2.24, 2.45) is 0 Å². The number of carbonyl (C=O) groups is 1. The topological polar surface area (TPSA) is 64.5 Å².